The number of nitrogens with zero attached hydrogens (tertiary/aromatic N) is 2. The van der Waals surface area contributed by atoms with Crippen molar-refractivity contribution in [2.45, 2.75) is 52.6 Å². The summed E-state index contributed by atoms with van der Waals surface area (Å²) in [6.45, 7) is 5.92. The summed E-state index contributed by atoms with van der Waals surface area (Å²) >= 11 is 0. The normalized spacial score (nSPS) is 12.0. The molecule has 192 valence electrons. The van der Waals surface area contributed by atoms with Gasteiger partial charge in [-0.1, -0.05) is 44.5 Å². The van der Waals surface area contributed by atoms with E-state index in [0.29, 0.717) is 18.0 Å². The van der Waals surface area contributed by atoms with Gasteiger partial charge >= 0.3 is 0 Å². The van der Waals surface area contributed by atoms with E-state index in [1.54, 1.807) is 44.4 Å². The molecule has 0 radical (unpaired) electrons. The Morgan fingerprint density at radius 1 is 1.06 bits per heavy atom. The van der Waals surface area contributed by atoms with E-state index in [2.05, 4.69) is 5.32 Å². The van der Waals surface area contributed by atoms with Crippen LogP contribution < -0.4 is 14.4 Å². The fourth-order valence-corrected chi connectivity index (χ4v) is 4.45. The van der Waals surface area contributed by atoms with Crippen LogP contribution in [0.3, 0.4) is 0 Å². The standard InChI is InChI=1S/C26H37N3O5S/c1-6-8-16-27-26(31)20(3)28(18-22-10-9-11-24(17-22)34-4)25(30)19-29(35(5,32)33)23-14-12-21(7-2)13-15-23/h9-15,17,20H,6-8,16,18-19H2,1-5H3,(H,27,31)/t20-/m1/s1. The summed E-state index contributed by atoms with van der Waals surface area (Å²) in [4.78, 5) is 27.8. The van der Waals surface area contributed by atoms with Gasteiger partial charge < -0.3 is 15.0 Å². The number of methoxy groups -OCH3 is 1. The van der Waals surface area contributed by atoms with E-state index in [9.17, 15) is 18.0 Å². The van der Waals surface area contributed by atoms with Crippen molar-refractivity contribution < 1.29 is 22.7 Å². The summed E-state index contributed by atoms with van der Waals surface area (Å²) in [7, 11) is -2.19. The first-order valence-electron chi connectivity index (χ1n) is 11.9. The quantitative estimate of drug-likeness (QED) is 0.423. The number of amides is 2. The van der Waals surface area contributed by atoms with Crippen molar-refractivity contribution in [3.8, 4) is 5.75 Å². The van der Waals surface area contributed by atoms with E-state index < -0.39 is 28.5 Å². The monoisotopic (exact) mass is 503 g/mol. The van der Waals surface area contributed by atoms with Crippen LogP contribution in [0.5, 0.6) is 5.75 Å². The number of nitrogens with one attached hydrogen (secondary N) is 1. The highest BCUT2D eigenvalue weighted by Gasteiger charge is 2.30. The molecular weight excluding hydrogens is 466 g/mol. The molecule has 0 heterocycles. The number of anilines is 1. The average molecular weight is 504 g/mol. The van der Waals surface area contributed by atoms with Crippen LogP contribution in [0.15, 0.2) is 48.5 Å². The Kier molecular flexibility index (Phi) is 10.6. The molecule has 2 rings (SSSR count). The van der Waals surface area contributed by atoms with Gasteiger partial charge in [0.2, 0.25) is 21.8 Å². The van der Waals surface area contributed by atoms with Crippen LogP contribution in [-0.4, -0.2) is 57.6 Å². The van der Waals surface area contributed by atoms with Gasteiger partial charge in [-0.25, -0.2) is 8.42 Å². The molecule has 0 aliphatic carbocycles. The summed E-state index contributed by atoms with van der Waals surface area (Å²) in [5, 5.41) is 2.87. The maximum absolute atomic E-state index is 13.5. The molecule has 0 bridgehead atoms. The predicted molar refractivity (Wildman–Crippen MR) is 139 cm³/mol. The van der Waals surface area contributed by atoms with Crippen LogP contribution in [-0.2, 0) is 32.6 Å². The number of rotatable bonds is 13. The van der Waals surface area contributed by atoms with Crippen LogP contribution in [0.25, 0.3) is 0 Å². The second-order valence-corrected chi connectivity index (χ2v) is 10.4. The van der Waals surface area contributed by atoms with Gasteiger partial charge in [-0.15, -0.1) is 0 Å². The summed E-state index contributed by atoms with van der Waals surface area (Å²) in [6.07, 6.45) is 3.65. The number of ether oxygens (including phenoxy) is 1. The Morgan fingerprint density at radius 3 is 2.31 bits per heavy atom. The van der Waals surface area contributed by atoms with E-state index in [4.69, 9.17) is 4.74 Å². The molecule has 0 aliphatic rings. The van der Waals surface area contributed by atoms with Crippen LogP contribution in [0.2, 0.25) is 0 Å². The summed E-state index contributed by atoms with van der Waals surface area (Å²) in [5.74, 6) is -0.132. The number of hydrogen-bond donors (Lipinski definition) is 1. The molecule has 0 unspecified atom stereocenters. The summed E-state index contributed by atoms with van der Waals surface area (Å²) < 4.78 is 31.6. The molecule has 9 heteroatoms. The van der Waals surface area contributed by atoms with Gasteiger partial charge in [-0.2, -0.15) is 0 Å². The van der Waals surface area contributed by atoms with Gasteiger partial charge in [0.05, 0.1) is 19.1 Å². The number of benzene rings is 2. The molecule has 0 aliphatic heterocycles. The number of hydrogen-bond acceptors (Lipinski definition) is 5. The number of carbonyl (C=O) groups is 2. The smallest absolute Gasteiger partial charge is 0.244 e. The first-order chi connectivity index (χ1) is 16.6. The second-order valence-electron chi connectivity index (χ2n) is 8.48. The summed E-state index contributed by atoms with van der Waals surface area (Å²) in [6, 6.07) is 13.5. The van der Waals surface area contributed by atoms with E-state index >= 15 is 0 Å². The first kappa shape index (κ1) is 28.2. The lowest BCUT2D eigenvalue weighted by molar-refractivity contribution is -0.139. The lowest BCUT2D eigenvalue weighted by atomic mass is 10.1. The zero-order chi connectivity index (χ0) is 26.0. The molecule has 1 N–H and O–H groups in total. The van der Waals surface area contributed by atoms with Crippen LogP contribution in [0.4, 0.5) is 5.69 Å². The Balaban J connectivity index is 2.35. The molecule has 2 aromatic rings. The average Bonchev–Trinajstić information content (AvgIpc) is 2.84. The highest BCUT2D eigenvalue weighted by atomic mass is 32.2. The lowest BCUT2D eigenvalue weighted by Gasteiger charge is -2.31. The van der Waals surface area contributed by atoms with Gasteiger partial charge in [0.15, 0.2) is 0 Å². The first-order valence-corrected chi connectivity index (χ1v) is 13.7. The Hall–Kier alpha value is -3.07. The number of aryl methyl sites for hydroxylation is 1. The minimum absolute atomic E-state index is 0.130. The third kappa shape index (κ3) is 8.28. The molecule has 0 spiro atoms. The maximum atomic E-state index is 13.5. The van der Waals surface area contributed by atoms with Crippen molar-refractivity contribution >= 4 is 27.5 Å². The molecule has 2 amide bonds. The third-order valence-electron chi connectivity index (χ3n) is 5.80. The van der Waals surface area contributed by atoms with Crippen molar-refractivity contribution in [2.24, 2.45) is 0 Å². The highest BCUT2D eigenvalue weighted by Crippen LogP contribution is 2.21. The van der Waals surface area contributed by atoms with Crippen LogP contribution in [0.1, 0.15) is 44.7 Å². The molecule has 35 heavy (non-hydrogen) atoms. The maximum Gasteiger partial charge on any atom is 0.244 e. The van der Waals surface area contributed by atoms with E-state index in [1.165, 1.54) is 4.90 Å². The fraction of sp³-hybridized carbons (Fsp3) is 0.462. The Labute approximate surface area is 209 Å². The Bertz CT molecular complexity index is 1090. The molecule has 0 aromatic heterocycles. The van der Waals surface area contributed by atoms with E-state index in [-0.39, 0.29) is 12.5 Å². The molecule has 0 saturated heterocycles. The van der Waals surface area contributed by atoms with Gasteiger partial charge in [0, 0.05) is 13.1 Å². The SMILES string of the molecule is CCCCNC(=O)[C@@H](C)N(Cc1cccc(OC)c1)C(=O)CN(c1ccc(CC)cc1)S(C)(=O)=O. The van der Waals surface area contributed by atoms with Crippen molar-refractivity contribution in [2.75, 3.05) is 30.8 Å². The fourth-order valence-electron chi connectivity index (χ4n) is 3.60. The molecule has 0 saturated carbocycles. The topological polar surface area (TPSA) is 96.0 Å². The van der Waals surface area contributed by atoms with E-state index in [0.717, 1.165) is 41.0 Å². The minimum atomic E-state index is -3.75. The van der Waals surface area contributed by atoms with Gasteiger partial charge in [-0.3, -0.25) is 13.9 Å². The van der Waals surface area contributed by atoms with Crippen LogP contribution in [0, 0.1) is 0 Å². The number of sulfonamides is 1. The predicted octanol–water partition coefficient (Wildman–Crippen LogP) is 3.36. The largest absolute Gasteiger partial charge is 0.497 e. The van der Waals surface area contributed by atoms with Crippen molar-refractivity contribution in [3.63, 3.8) is 0 Å². The van der Waals surface area contributed by atoms with Crippen molar-refractivity contribution in [1.82, 2.24) is 10.2 Å². The highest BCUT2D eigenvalue weighted by molar-refractivity contribution is 7.92. The third-order valence-corrected chi connectivity index (χ3v) is 6.94. The minimum Gasteiger partial charge on any atom is -0.497 e. The zero-order valence-electron chi connectivity index (χ0n) is 21.3. The van der Waals surface area contributed by atoms with Crippen molar-refractivity contribution in [1.29, 1.82) is 0 Å². The number of unbranched alkanes of at least 4 members (excludes halogenated alkanes) is 1. The zero-order valence-corrected chi connectivity index (χ0v) is 22.1. The van der Waals surface area contributed by atoms with Gasteiger partial charge in [-0.05, 0) is 55.2 Å². The summed E-state index contributed by atoms with van der Waals surface area (Å²) in [5.41, 5.74) is 2.23. The van der Waals surface area contributed by atoms with Crippen molar-refractivity contribution in [3.05, 3.63) is 59.7 Å². The molecule has 0 fully saturated rings. The molecular formula is C26H37N3O5S. The van der Waals surface area contributed by atoms with Gasteiger partial charge in [0.25, 0.3) is 0 Å². The van der Waals surface area contributed by atoms with Gasteiger partial charge in [0.1, 0.15) is 18.3 Å². The molecule has 2 aromatic carbocycles. The molecule has 8 nitrogen and oxygen atoms in total. The van der Waals surface area contributed by atoms with Crippen LogP contribution >= 0.6 is 0 Å². The molecule has 1 atom stereocenters. The Morgan fingerprint density at radius 2 is 1.74 bits per heavy atom. The second kappa shape index (κ2) is 13.1. The number of carbonyl (C=O) groups excluding carboxylic acids is 2. The lowest BCUT2D eigenvalue weighted by Crippen LogP contribution is -2.51. The van der Waals surface area contributed by atoms with E-state index in [1.807, 2.05) is 32.0 Å².